The van der Waals surface area contributed by atoms with Gasteiger partial charge in [-0.15, -0.1) is 0 Å². The number of ether oxygens (including phenoxy) is 2. The van der Waals surface area contributed by atoms with Gasteiger partial charge in [-0.3, -0.25) is 0 Å². The molecule has 2 N–H and O–H groups in total. The van der Waals surface area contributed by atoms with Crippen molar-refractivity contribution in [2.45, 2.75) is 19.0 Å². The van der Waals surface area contributed by atoms with E-state index in [0.29, 0.717) is 0 Å². The number of methoxy groups -OCH3 is 2. The van der Waals surface area contributed by atoms with E-state index in [2.05, 4.69) is 10.6 Å². The summed E-state index contributed by atoms with van der Waals surface area (Å²) in [5.41, 5.74) is 1.10. The van der Waals surface area contributed by atoms with Gasteiger partial charge >= 0.3 is 0 Å². The van der Waals surface area contributed by atoms with Gasteiger partial charge in [0.05, 0.1) is 6.54 Å². The van der Waals surface area contributed by atoms with Crippen LogP contribution in [-0.4, -0.2) is 33.1 Å². The molecule has 0 amide bonds. The van der Waals surface area contributed by atoms with E-state index in [1.54, 1.807) is 0 Å². The van der Waals surface area contributed by atoms with Crippen LogP contribution in [0.4, 0.5) is 0 Å². The second-order valence-corrected chi connectivity index (χ2v) is 3.85. The Hall–Kier alpha value is -1.27. The highest BCUT2D eigenvalue weighted by atomic mass is 16.7. The van der Waals surface area contributed by atoms with Crippen LogP contribution in [0.5, 0.6) is 0 Å². The van der Waals surface area contributed by atoms with E-state index in [9.17, 15) is 4.79 Å². The molecule has 0 aliphatic rings. The fraction of sp³-hybridized carbons (Fsp3) is 0.462. The van der Waals surface area contributed by atoms with E-state index in [0.717, 1.165) is 11.8 Å². The molecule has 0 fully saturated rings. The third-order valence-electron chi connectivity index (χ3n) is 2.70. The summed E-state index contributed by atoms with van der Waals surface area (Å²) in [4.78, 5) is 10.4. The molecule has 0 aromatic heterocycles. The van der Waals surface area contributed by atoms with Crippen LogP contribution in [0.3, 0.4) is 0 Å². The molecule has 1 unspecified atom stereocenters. The number of benzene rings is 1. The number of hydrogen-bond acceptors (Lipinski definition) is 5. The molecule has 0 saturated carbocycles. The number of aldehydes is 1. The number of carbonyl (C=O) groups excluding carboxylic acids is 1. The van der Waals surface area contributed by atoms with E-state index in [-0.39, 0.29) is 12.6 Å². The smallest absolute Gasteiger partial charge is 0.292 e. The van der Waals surface area contributed by atoms with Crippen LogP contribution in [0.25, 0.3) is 0 Å². The predicted octanol–water partition coefficient (Wildman–Crippen LogP) is 1.03. The van der Waals surface area contributed by atoms with Crippen LogP contribution in [0, 0.1) is 0 Å². The number of nitrogens with one attached hydrogen (secondary N) is 2. The quantitative estimate of drug-likeness (QED) is 0.534. The van der Waals surface area contributed by atoms with Gasteiger partial charge in [0.2, 0.25) is 0 Å². The van der Waals surface area contributed by atoms with Crippen molar-refractivity contribution in [3.05, 3.63) is 35.9 Å². The van der Waals surface area contributed by atoms with E-state index in [4.69, 9.17) is 9.47 Å². The topological polar surface area (TPSA) is 59.6 Å². The van der Waals surface area contributed by atoms with E-state index < -0.39 is 6.03 Å². The van der Waals surface area contributed by atoms with Crippen molar-refractivity contribution >= 4 is 6.29 Å². The Bertz CT molecular complexity index is 353. The molecule has 0 aliphatic heterocycles. The highest BCUT2D eigenvalue weighted by molar-refractivity contribution is 5.51. The molecule has 1 aromatic carbocycles. The third-order valence-corrected chi connectivity index (χ3v) is 2.70. The lowest BCUT2D eigenvalue weighted by Crippen LogP contribution is -2.60. The van der Waals surface area contributed by atoms with Gasteiger partial charge in [-0.25, -0.2) is 10.6 Å². The van der Waals surface area contributed by atoms with Crippen LogP contribution in [0.1, 0.15) is 18.5 Å². The Balaban J connectivity index is 2.74. The summed E-state index contributed by atoms with van der Waals surface area (Å²) >= 11 is 0. The molecular formula is C13H20N2O3. The summed E-state index contributed by atoms with van der Waals surface area (Å²) in [5.74, 6) is 0. The first-order valence-corrected chi connectivity index (χ1v) is 5.79. The average molecular weight is 252 g/mol. The minimum atomic E-state index is -1.17. The molecule has 0 radical (unpaired) electrons. The Morgan fingerprint density at radius 2 is 1.89 bits per heavy atom. The van der Waals surface area contributed by atoms with Gasteiger partial charge in [-0.05, 0) is 12.5 Å². The number of rotatable bonds is 8. The van der Waals surface area contributed by atoms with Gasteiger partial charge in [0.25, 0.3) is 6.03 Å². The Morgan fingerprint density at radius 1 is 1.28 bits per heavy atom. The number of hydrogen-bond donors (Lipinski definition) is 2. The second kappa shape index (κ2) is 7.23. The van der Waals surface area contributed by atoms with Gasteiger partial charge in [-0.1, -0.05) is 30.3 Å². The Kier molecular flexibility index (Phi) is 5.94. The van der Waals surface area contributed by atoms with Gasteiger partial charge < -0.3 is 14.3 Å². The minimum absolute atomic E-state index is 0.00486. The number of carbonyl (C=O) groups is 1. The molecule has 1 aromatic rings. The van der Waals surface area contributed by atoms with Gasteiger partial charge in [-0.2, -0.15) is 0 Å². The Labute approximate surface area is 107 Å². The fourth-order valence-electron chi connectivity index (χ4n) is 1.68. The van der Waals surface area contributed by atoms with Crippen molar-refractivity contribution < 1.29 is 14.3 Å². The van der Waals surface area contributed by atoms with Crippen molar-refractivity contribution in [3.8, 4) is 0 Å². The van der Waals surface area contributed by atoms with Crippen LogP contribution >= 0.6 is 0 Å². The van der Waals surface area contributed by atoms with Crippen molar-refractivity contribution in [2.75, 3.05) is 20.8 Å². The van der Waals surface area contributed by atoms with E-state index in [1.807, 2.05) is 37.3 Å². The fourth-order valence-corrected chi connectivity index (χ4v) is 1.68. The monoisotopic (exact) mass is 252 g/mol. The molecule has 0 saturated heterocycles. The van der Waals surface area contributed by atoms with Crippen LogP contribution in [0.2, 0.25) is 0 Å². The first-order chi connectivity index (χ1) is 8.67. The summed E-state index contributed by atoms with van der Waals surface area (Å²) in [6, 6.07) is 8.74. The Morgan fingerprint density at radius 3 is 2.39 bits per heavy atom. The van der Waals surface area contributed by atoms with Crippen molar-refractivity contribution in [1.29, 1.82) is 0 Å². The molecule has 18 heavy (non-hydrogen) atoms. The first-order valence-electron chi connectivity index (χ1n) is 5.79. The van der Waals surface area contributed by atoms with Crippen LogP contribution in [-0.2, 0) is 14.3 Å². The van der Waals surface area contributed by atoms with Crippen molar-refractivity contribution in [1.82, 2.24) is 10.6 Å². The highest BCUT2D eigenvalue weighted by Gasteiger charge is 2.30. The van der Waals surface area contributed by atoms with Crippen molar-refractivity contribution in [3.63, 3.8) is 0 Å². The highest BCUT2D eigenvalue weighted by Crippen LogP contribution is 2.15. The molecule has 0 aliphatic carbocycles. The molecule has 1 rings (SSSR count). The molecule has 5 nitrogen and oxygen atoms in total. The summed E-state index contributed by atoms with van der Waals surface area (Å²) in [6.45, 7) is 2.13. The molecule has 100 valence electrons. The minimum Gasteiger partial charge on any atom is -0.328 e. The van der Waals surface area contributed by atoms with E-state index >= 15 is 0 Å². The molecule has 1 atom stereocenters. The molecule has 0 spiro atoms. The van der Waals surface area contributed by atoms with Crippen molar-refractivity contribution in [2.24, 2.45) is 0 Å². The maximum atomic E-state index is 10.4. The molecule has 0 heterocycles. The van der Waals surface area contributed by atoms with Crippen LogP contribution < -0.4 is 10.6 Å². The molecule has 5 heteroatoms. The standard InChI is InChI=1S/C13H20N2O3/c1-11(12-7-5-4-6-8-12)15-13(17-2,18-3)14-9-10-16/h4-8,10-11,14-15H,9H2,1-3H3. The van der Waals surface area contributed by atoms with Gasteiger partial charge in [0.15, 0.2) is 0 Å². The SMILES string of the molecule is COC(NCC=O)(NC(C)c1ccccc1)OC. The summed E-state index contributed by atoms with van der Waals surface area (Å²) in [7, 11) is 3.01. The van der Waals surface area contributed by atoms with Gasteiger partial charge in [0.1, 0.15) is 6.29 Å². The maximum Gasteiger partial charge on any atom is 0.292 e. The molecule has 0 bridgehead atoms. The zero-order valence-corrected chi connectivity index (χ0v) is 11.0. The summed E-state index contributed by atoms with van der Waals surface area (Å²) in [6.07, 6.45) is 0.752. The maximum absolute atomic E-state index is 10.4. The summed E-state index contributed by atoms with van der Waals surface area (Å²) in [5, 5.41) is 6.03. The summed E-state index contributed by atoms with van der Waals surface area (Å²) < 4.78 is 10.6. The first kappa shape index (κ1) is 14.8. The van der Waals surface area contributed by atoms with Crippen LogP contribution in [0.15, 0.2) is 30.3 Å². The third kappa shape index (κ3) is 3.89. The van der Waals surface area contributed by atoms with E-state index in [1.165, 1.54) is 14.2 Å². The average Bonchev–Trinajstić information content (AvgIpc) is 2.44. The zero-order valence-electron chi connectivity index (χ0n) is 11.0. The zero-order chi connectivity index (χ0) is 13.4. The lowest BCUT2D eigenvalue weighted by atomic mass is 10.1. The van der Waals surface area contributed by atoms with Gasteiger partial charge in [0, 0.05) is 20.3 Å². The second-order valence-electron chi connectivity index (χ2n) is 3.85. The largest absolute Gasteiger partial charge is 0.328 e. The normalized spacial score (nSPS) is 13.3. The predicted molar refractivity (Wildman–Crippen MR) is 68.8 cm³/mol. The molecular weight excluding hydrogens is 232 g/mol. The lowest BCUT2D eigenvalue weighted by molar-refractivity contribution is -0.252. The lowest BCUT2D eigenvalue weighted by Gasteiger charge is -2.34.